The number of nitrogens with two attached hydrogens (primary N) is 1. The average molecular weight is 419 g/mol. The summed E-state index contributed by atoms with van der Waals surface area (Å²) in [4.78, 5) is 14.9. The van der Waals surface area contributed by atoms with Crippen LogP contribution in [0.5, 0.6) is 0 Å². The second-order valence-corrected chi connectivity index (χ2v) is 8.96. The molecule has 164 valence electrons. The van der Waals surface area contributed by atoms with Crippen molar-refractivity contribution in [2.45, 2.75) is 57.5 Å². The zero-order chi connectivity index (χ0) is 21.0. The molecule has 2 N–H and O–H groups in total. The highest BCUT2D eigenvalue weighted by molar-refractivity contribution is 5.53. The molecule has 0 bridgehead atoms. The van der Waals surface area contributed by atoms with Crippen LogP contribution in [0.25, 0.3) is 5.65 Å². The van der Waals surface area contributed by atoms with Crippen molar-refractivity contribution in [2.24, 2.45) is 5.73 Å². The number of unbranched alkanes of at least 4 members (excludes halogenated alkanes) is 1. The number of anilines is 1. The summed E-state index contributed by atoms with van der Waals surface area (Å²) in [7, 11) is 0. The SMILES string of the molecule is NCCCCN(Cc1cn2c(N3CCCC3)cccc2n1)C1CCCc2cccnc21. The molecule has 1 atom stereocenters. The molecule has 1 unspecified atom stereocenters. The van der Waals surface area contributed by atoms with Crippen LogP contribution in [-0.2, 0) is 13.0 Å². The Morgan fingerprint density at radius 2 is 1.97 bits per heavy atom. The molecule has 1 fully saturated rings. The van der Waals surface area contributed by atoms with Crippen molar-refractivity contribution in [1.29, 1.82) is 0 Å². The van der Waals surface area contributed by atoms with Gasteiger partial charge in [-0.25, -0.2) is 4.98 Å². The molecule has 31 heavy (non-hydrogen) atoms. The van der Waals surface area contributed by atoms with E-state index in [1.807, 2.05) is 6.20 Å². The minimum atomic E-state index is 0.366. The van der Waals surface area contributed by atoms with Crippen LogP contribution in [0.2, 0.25) is 0 Å². The Balaban J connectivity index is 1.43. The van der Waals surface area contributed by atoms with Crippen molar-refractivity contribution in [3.05, 3.63) is 59.7 Å². The number of aromatic nitrogens is 3. The zero-order valence-corrected chi connectivity index (χ0v) is 18.4. The summed E-state index contributed by atoms with van der Waals surface area (Å²) >= 11 is 0. The van der Waals surface area contributed by atoms with Crippen LogP contribution in [0, 0.1) is 0 Å². The lowest BCUT2D eigenvalue weighted by atomic mass is 9.90. The Labute approximate surface area is 185 Å². The molecule has 6 heteroatoms. The van der Waals surface area contributed by atoms with Crippen LogP contribution >= 0.6 is 0 Å². The smallest absolute Gasteiger partial charge is 0.138 e. The Morgan fingerprint density at radius 1 is 1.06 bits per heavy atom. The maximum Gasteiger partial charge on any atom is 0.138 e. The summed E-state index contributed by atoms with van der Waals surface area (Å²) in [6.45, 7) is 4.92. The fourth-order valence-electron chi connectivity index (χ4n) is 5.28. The molecule has 0 spiro atoms. The summed E-state index contributed by atoms with van der Waals surface area (Å²) in [6.07, 6.45) is 12.5. The van der Waals surface area contributed by atoms with Crippen molar-refractivity contribution in [3.63, 3.8) is 0 Å². The van der Waals surface area contributed by atoms with Crippen molar-refractivity contribution in [3.8, 4) is 0 Å². The first kappa shape index (κ1) is 20.5. The molecule has 0 saturated carbocycles. The van der Waals surface area contributed by atoms with Crippen LogP contribution < -0.4 is 10.6 Å². The minimum absolute atomic E-state index is 0.366. The predicted molar refractivity (Wildman–Crippen MR) is 125 cm³/mol. The molecule has 0 radical (unpaired) electrons. The number of fused-ring (bicyclic) bond motifs is 2. The Hall–Kier alpha value is -2.44. The second kappa shape index (κ2) is 9.37. The fraction of sp³-hybridized carbons (Fsp3) is 0.520. The molecule has 0 amide bonds. The van der Waals surface area contributed by atoms with Gasteiger partial charge in [-0.2, -0.15) is 0 Å². The first-order valence-corrected chi connectivity index (χ1v) is 11.9. The van der Waals surface area contributed by atoms with Gasteiger partial charge in [0.25, 0.3) is 0 Å². The monoisotopic (exact) mass is 418 g/mol. The highest BCUT2D eigenvalue weighted by atomic mass is 15.2. The molecule has 5 rings (SSSR count). The molecule has 1 saturated heterocycles. The number of pyridine rings is 2. The number of aryl methyl sites for hydroxylation is 1. The average Bonchev–Trinajstić information content (AvgIpc) is 3.48. The Bertz CT molecular complexity index is 1010. The quantitative estimate of drug-likeness (QED) is 0.561. The van der Waals surface area contributed by atoms with Crippen molar-refractivity contribution < 1.29 is 0 Å². The third-order valence-corrected chi connectivity index (χ3v) is 6.82. The van der Waals surface area contributed by atoms with Crippen LogP contribution in [-0.4, -0.2) is 45.4 Å². The van der Waals surface area contributed by atoms with E-state index in [1.54, 1.807) is 0 Å². The highest BCUT2D eigenvalue weighted by Crippen LogP contribution is 2.34. The maximum absolute atomic E-state index is 5.80. The third-order valence-electron chi connectivity index (χ3n) is 6.82. The van der Waals surface area contributed by atoms with Gasteiger partial charge in [0.2, 0.25) is 0 Å². The van der Waals surface area contributed by atoms with E-state index in [0.29, 0.717) is 6.04 Å². The van der Waals surface area contributed by atoms with Gasteiger partial charge in [-0.15, -0.1) is 0 Å². The Kier molecular flexibility index (Phi) is 6.18. The van der Waals surface area contributed by atoms with E-state index in [-0.39, 0.29) is 0 Å². The number of nitrogens with zero attached hydrogens (tertiary/aromatic N) is 5. The normalized spacial score (nSPS) is 18.8. The van der Waals surface area contributed by atoms with E-state index in [0.717, 1.165) is 63.3 Å². The summed E-state index contributed by atoms with van der Waals surface area (Å²) in [5, 5.41) is 0. The van der Waals surface area contributed by atoms with Gasteiger partial charge in [-0.3, -0.25) is 14.3 Å². The van der Waals surface area contributed by atoms with E-state index in [1.165, 1.54) is 42.8 Å². The van der Waals surface area contributed by atoms with Crippen LogP contribution in [0.4, 0.5) is 5.82 Å². The number of rotatable bonds is 8. The topological polar surface area (TPSA) is 62.7 Å². The highest BCUT2D eigenvalue weighted by Gasteiger charge is 2.27. The first-order valence-electron chi connectivity index (χ1n) is 11.9. The molecular formula is C25H34N6. The van der Waals surface area contributed by atoms with Gasteiger partial charge in [-0.1, -0.05) is 12.1 Å². The van der Waals surface area contributed by atoms with Gasteiger partial charge in [0.15, 0.2) is 0 Å². The minimum Gasteiger partial charge on any atom is -0.358 e. The largest absolute Gasteiger partial charge is 0.358 e. The van der Waals surface area contributed by atoms with Gasteiger partial charge in [0, 0.05) is 32.0 Å². The lowest BCUT2D eigenvalue weighted by molar-refractivity contribution is 0.161. The first-order chi connectivity index (χ1) is 15.3. The summed E-state index contributed by atoms with van der Waals surface area (Å²) < 4.78 is 2.28. The summed E-state index contributed by atoms with van der Waals surface area (Å²) in [5.74, 6) is 1.27. The standard InChI is InChI=1S/C25H34N6/c26-13-1-2-17-30(22-10-5-8-20-9-7-14-27-25(20)22)18-21-19-31-23(28-21)11-6-12-24(31)29-15-3-4-16-29/h6-7,9,11-12,14,19,22H,1-5,8,10,13,15-18,26H2. The van der Waals surface area contributed by atoms with E-state index in [4.69, 9.17) is 15.7 Å². The van der Waals surface area contributed by atoms with Crippen molar-refractivity contribution in [2.75, 3.05) is 31.1 Å². The molecule has 0 aromatic carbocycles. The molecule has 2 aliphatic rings. The third kappa shape index (κ3) is 4.32. The van der Waals surface area contributed by atoms with E-state index in [2.05, 4.69) is 50.7 Å². The molecule has 1 aliphatic heterocycles. The predicted octanol–water partition coefficient (Wildman–Crippen LogP) is 3.95. The molecule has 1 aliphatic carbocycles. The molecule has 4 heterocycles. The second-order valence-electron chi connectivity index (χ2n) is 8.96. The van der Waals surface area contributed by atoms with E-state index < -0.39 is 0 Å². The fourth-order valence-corrected chi connectivity index (χ4v) is 5.28. The van der Waals surface area contributed by atoms with Gasteiger partial charge in [0.05, 0.1) is 17.4 Å². The molecule has 3 aromatic rings. The van der Waals surface area contributed by atoms with Crippen LogP contribution in [0.1, 0.15) is 61.5 Å². The van der Waals surface area contributed by atoms with Gasteiger partial charge in [0.1, 0.15) is 11.5 Å². The van der Waals surface area contributed by atoms with Gasteiger partial charge in [-0.05, 0) is 81.8 Å². The van der Waals surface area contributed by atoms with Crippen molar-refractivity contribution >= 4 is 11.5 Å². The van der Waals surface area contributed by atoms with Gasteiger partial charge >= 0.3 is 0 Å². The molecule has 6 nitrogen and oxygen atoms in total. The summed E-state index contributed by atoms with van der Waals surface area (Å²) in [6, 6.07) is 11.2. The zero-order valence-electron chi connectivity index (χ0n) is 18.4. The van der Waals surface area contributed by atoms with Crippen LogP contribution in [0.3, 0.4) is 0 Å². The number of hydrogen-bond acceptors (Lipinski definition) is 5. The lowest BCUT2D eigenvalue weighted by Gasteiger charge is -2.34. The number of imidazole rings is 1. The van der Waals surface area contributed by atoms with Crippen molar-refractivity contribution in [1.82, 2.24) is 19.3 Å². The van der Waals surface area contributed by atoms with E-state index in [9.17, 15) is 0 Å². The number of hydrogen-bond donors (Lipinski definition) is 1. The Morgan fingerprint density at radius 3 is 2.84 bits per heavy atom. The maximum atomic E-state index is 5.80. The molecule has 3 aromatic heterocycles. The van der Waals surface area contributed by atoms with E-state index >= 15 is 0 Å². The molecular weight excluding hydrogens is 384 g/mol. The summed E-state index contributed by atoms with van der Waals surface area (Å²) in [5.41, 5.74) is 10.7. The lowest BCUT2D eigenvalue weighted by Crippen LogP contribution is -2.33. The van der Waals surface area contributed by atoms with Crippen LogP contribution in [0.15, 0.2) is 42.7 Å². The van der Waals surface area contributed by atoms with Gasteiger partial charge < -0.3 is 10.6 Å².